The molecule has 1 N–H and O–H groups in total. The molecule has 100 valence electrons. The fraction of sp³-hybridized carbons (Fsp3) is 0.625. The van der Waals surface area contributed by atoms with Crippen molar-refractivity contribution in [3.63, 3.8) is 0 Å². The van der Waals surface area contributed by atoms with E-state index in [1.807, 2.05) is 0 Å². The molecule has 1 heterocycles. The Bertz CT molecular complexity index is 408. The number of nitrogens with zero attached hydrogens (tertiary/aromatic N) is 1. The number of nitrogens with one attached hydrogen (secondary N) is 1. The van der Waals surface area contributed by atoms with E-state index in [1.165, 1.54) is 36.1 Å². The Morgan fingerprint density at radius 2 is 2.00 bits per heavy atom. The van der Waals surface area contributed by atoms with Crippen LogP contribution in [-0.4, -0.2) is 19.1 Å². The van der Waals surface area contributed by atoms with Crippen LogP contribution < -0.4 is 10.2 Å². The van der Waals surface area contributed by atoms with Crippen LogP contribution in [0.15, 0.2) is 18.2 Å². The van der Waals surface area contributed by atoms with Crippen molar-refractivity contribution in [2.75, 3.05) is 18.5 Å². The van der Waals surface area contributed by atoms with Gasteiger partial charge in [-0.1, -0.05) is 26.0 Å². The van der Waals surface area contributed by atoms with E-state index in [2.05, 4.69) is 56.2 Å². The van der Waals surface area contributed by atoms with Crippen LogP contribution in [0.5, 0.6) is 0 Å². The molecule has 0 bridgehead atoms. The third kappa shape index (κ3) is 2.69. The average Bonchev–Trinajstić information content (AvgIpc) is 2.77. The third-order valence-corrected chi connectivity index (χ3v) is 4.55. The minimum absolute atomic E-state index is 0.274. The first kappa shape index (κ1) is 13.4. The topological polar surface area (TPSA) is 15.3 Å². The Kier molecular flexibility index (Phi) is 3.96. The second-order valence-electron chi connectivity index (χ2n) is 5.76. The van der Waals surface area contributed by atoms with Crippen molar-refractivity contribution in [2.24, 2.45) is 0 Å². The highest BCUT2D eigenvalue weighted by molar-refractivity contribution is 5.58. The van der Waals surface area contributed by atoms with Crippen LogP contribution in [0, 0.1) is 0 Å². The van der Waals surface area contributed by atoms with Gasteiger partial charge in [-0.2, -0.15) is 0 Å². The van der Waals surface area contributed by atoms with Gasteiger partial charge >= 0.3 is 0 Å². The van der Waals surface area contributed by atoms with Gasteiger partial charge in [-0.15, -0.1) is 0 Å². The lowest BCUT2D eigenvalue weighted by Crippen LogP contribution is -2.40. The molecular formula is C16H26N2. The number of rotatable bonds is 5. The Hall–Kier alpha value is -1.02. The first-order valence-corrected chi connectivity index (χ1v) is 7.16. The summed E-state index contributed by atoms with van der Waals surface area (Å²) in [5.41, 5.74) is 4.60. The Labute approximate surface area is 111 Å². The standard InChI is InChI=1S/C16H26N2/c1-5-16(3,6-2)17-12-13-7-8-15-14(11-13)9-10-18(15)4/h7-8,11,17H,5-6,9-10,12H2,1-4H3. The van der Waals surface area contributed by atoms with Crippen LogP contribution in [0.4, 0.5) is 5.69 Å². The average molecular weight is 246 g/mol. The summed E-state index contributed by atoms with van der Waals surface area (Å²) in [4.78, 5) is 2.34. The van der Waals surface area contributed by atoms with Crippen LogP contribution in [0.25, 0.3) is 0 Å². The van der Waals surface area contributed by atoms with Gasteiger partial charge in [0.05, 0.1) is 0 Å². The van der Waals surface area contributed by atoms with Crippen molar-refractivity contribution in [3.05, 3.63) is 29.3 Å². The van der Waals surface area contributed by atoms with E-state index in [0.717, 1.165) is 13.1 Å². The van der Waals surface area contributed by atoms with Crippen LogP contribution in [-0.2, 0) is 13.0 Å². The van der Waals surface area contributed by atoms with Crippen molar-refractivity contribution >= 4 is 5.69 Å². The summed E-state index contributed by atoms with van der Waals surface area (Å²) in [5, 5.41) is 3.70. The second-order valence-corrected chi connectivity index (χ2v) is 5.76. The molecule has 2 heteroatoms. The lowest BCUT2D eigenvalue weighted by Gasteiger charge is -2.28. The Morgan fingerprint density at radius 3 is 2.67 bits per heavy atom. The smallest absolute Gasteiger partial charge is 0.0397 e. The van der Waals surface area contributed by atoms with Crippen molar-refractivity contribution in [3.8, 4) is 0 Å². The van der Waals surface area contributed by atoms with E-state index in [4.69, 9.17) is 0 Å². The van der Waals surface area contributed by atoms with Crippen molar-refractivity contribution in [1.82, 2.24) is 5.32 Å². The van der Waals surface area contributed by atoms with Gasteiger partial charge in [0, 0.05) is 31.4 Å². The summed E-state index contributed by atoms with van der Waals surface area (Å²) in [6.45, 7) is 8.97. The number of likely N-dealkylation sites (N-methyl/N-ethyl adjacent to an activating group) is 1. The summed E-state index contributed by atoms with van der Waals surface area (Å²) < 4.78 is 0. The van der Waals surface area contributed by atoms with E-state index in [1.54, 1.807) is 0 Å². The molecule has 0 saturated carbocycles. The largest absolute Gasteiger partial charge is 0.374 e. The molecule has 1 aromatic carbocycles. The van der Waals surface area contributed by atoms with E-state index >= 15 is 0 Å². The monoisotopic (exact) mass is 246 g/mol. The van der Waals surface area contributed by atoms with Crippen LogP contribution in [0.2, 0.25) is 0 Å². The van der Waals surface area contributed by atoms with Gasteiger partial charge in [-0.3, -0.25) is 0 Å². The van der Waals surface area contributed by atoms with Gasteiger partial charge in [0.2, 0.25) is 0 Å². The lowest BCUT2D eigenvalue weighted by molar-refractivity contribution is 0.329. The van der Waals surface area contributed by atoms with Crippen LogP contribution in [0.1, 0.15) is 44.7 Å². The molecule has 0 saturated heterocycles. The lowest BCUT2D eigenvalue weighted by atomic mass is 9.95. The molecular weight excluding hydrogens is 220 g/mol. The highest BCUT2D eigenvalue weighted by Gasteiger charge is 2.19. The zero-order valence-corrected chi connectivity index (χ0v) is 12.2. The molecule has 1 aromatic rings. The van der Waals surface area contributed by atoms with Crippen molar-refractivity contribution in [1.29, 1.82) is 0 Å². The van der Waals surface area contributed by atoms with Crippen molar-refractivity contribution < 1.29 is 0 Å². The summed E-state index contributed by atoms with van der Waals surface area (Å²) in [7, 11) is 2.18. The highest BCUT2D eigenvalue weighted by Crippen LogP contribution is 2.27. The molecule has 0 atom stereocenters. The quantitative estimate of drug-likeness (QED) is 0.857. The Balaban J connectivity index is 2.03. The predicted molar refractivity (Wildman–Crippen MR) is 79.2 cm³/mol. The van der Waals surface area contributed by atoms with Gasteiger partial charge in [0.25, 0.3) is 0 Å². The molecule has 18 heavy (non-hydrogen) atoms. The van der Waals surface area contributed by atoms with Gasteiger partial charge in [0.1, 0.15) is 0 Å². The molecule has 0 unspecified atom stereocenters. The molecule has 0 amide bonds. The summed E-state index contributed by atoms with van der Waals surface area (Å²) in [6, 6.07) is 6.91. The molecule has 1 aliphatic rings. The van der Waals surface area contributed by atoms with Gasteiger partial charge in [-0.05, 0) is 43.4 Å². The van der Waals surface area contributed by atoms with E-state index in [-0.39, 0.29) is 5.54 Å². The predicted octanol–water partition coefficient (Wildman–Crippen LogP) is 3.35. The SMILES string of the molecule is CCC(C)(CC)NCc1ccc2c(c1)CCN2C. The zero-order valence-electron chi connectivity index (χ0n) is 12.2. The molecule has 2 rings (SSSR count). The first-order chi connectivity index (χ1) is 8.58. The number of hydrogen-bond acceptors (Lipinski definition) is 2. The normalized spacial score (nSPS) is 15.0. The Morgan fingerprint density at radius 1 is 1.28 bits per heavy atom. The minimum atomic E-state index is 0.274. The summed E-state index contributed by atoms with van der Waals surface area (Å²) in [6.07, 6.45) is 3.55. The summed E-state index contributed by atoms with van der Waals surface area (Å²) >= 11 is 0. The van der Waals surface area contributed by atoms with E-state index < -0.39 is 0 Å². The summed E-state index contributed by atoms with van der Waals surface area (Å²) in [5.74, 6) is 0. The van der Waals surface area contributed by atoms with Gasteiger partial charge < -0.3 is 10.2 Å². The minimum Gasteiger partial charge on any atom is -0.374 e. The molecule has 0 aromatic heterocycles. The fourth-order valence-electron chi connectivity index (χ4n) is 2.55. The molecule has 0 fully saturated rings. The van der Waals surface area contributed by atoms with Crippen LogP contribution in [0.3, 0.4) is 0 Å². The molecule has 0 aliphatic carbocycles. The highest BCUT2D eigenvalue weighted by atomic mass is 15.1. The maximum absolute atomic E-state index is 3.70. The first-order valence-electron chi connectivity index (χ1n) is 7.16. The zero-order chi connectivity index (χ0) is 13.2. The van der Waals surface area contributed by atoms with Gasteiger partial charge in [0.15, 0.2) is 0 Å². The number of anilines is 1. The maximum Gasteiger partial charge on any atom is 0.0397 e. The van der Waals surface area contributed by atoms with Gasteiger partial charge in [-0.25, -0.2) is 0 Å². The molecule has 1 aliphatic heterocycles. The molecule has 2 nitrogen and oxygen atoms in total. The third-order valence-electron chi connectivity index (χ3n) is 4.55. The molecule has 0 radical (unpaired) electrons. The molecule has 0 spiro atoms. The second kappa shape index (κ2) is 5.31. The number of benzene rings is 1. The van der Waals surface area contributed by atoms with E-state index in [0.29, 0.717) is 0 Å². The van der Waals surface area contributed by atoms with Crippen LogP contribution >= 0.6 is 0 Å². The number of fused-ring (bicyclic) bond motifs is 1. The maximum atomic E-state index is 3.70. The fourth-order valence-corrected chi connectivity index (χ4v) is 2.55. The number of hydrogen-bond donors (Lipinski definition) is 1. The van der Waals surface area contributed by atoms with E-state index in [9.17, 15) is 0 Å². The van der Waals surface area contributed by atoms with Crippen molar-refractivity contribution in [2.45, 2.75) is 52.1 Å².